The Morgan fingerprint density at radius 2 is 0.843 bits per heavy atom. The minimum absolute atomic E-state index is 0.795. The van der Waals surface area contributed by atoms with Gasteiger partial charge in [-0.15, -0.1) is 10.2 Å². The molecule has 7 aromatic carbocycles. The minimum atomic E-state index is 0.795. The average molecular weight is 658 g/mol. The molecule has 0 bridgehead atoms. The number of hydrogen-bond donors (Lipinski definition) is 0. The molecule has 0 spiro atoms. The highest BCUT2D eigenvalue weighted by atomic mass is 15.3. The van der Waals surface area contributed by atoms with Gasteiger partial charge in [0.25, 0.3) is 0 Å². The van der Waals surface area contributed by atoms with Gasteiger partial charge in [-0.3, -0.25) is 4.57 Å². The first-order valence-corrected chi connectivity index (χ1v) is 17.3. The van der Waals surface area contributed by atoms with Crippen LogP contribution in [0.3, 0.4) is 0 Å². The van der Waals surface area contributed by atoms with Crippen LogP contribution in [-0.4, -0.2) is 19.3 Å². The average Bonchev–Trinajstić information content (AvgIpc) is 3.77. The summed E-state index contributed by atoms with van der Waals surface area (Å²) in [7, 11) is 0. The number of benzene rings is 7. The van der Waals surface area contributed by atoms with Crippen LogP contribution >= 0.6 is 0 Å². The van der Waals surface area contributed by atoms with E-state index in [-0.39, 0.29) is 0 Å². The monoisotopic (exact) mass is 657 g/mol. The van der Waals surface area contributed by atoms with Crippen molar-refractivity contribution in [3.05, 3.63) is 187 Å². The second kappa shape index (κ2) is 12.6. The Morgan fingerprint density at radius 1 is 0.392 bits per heavy atom. The molecule has 0 unspecified atom stereocenters. The van der Waals surface area contributed by atoms with Crippen LogP contribution < -0.4 is 4.90 Å². The number of nitrogens with zero attached hydrogens (tertiary/aromatic N) is 5. The Kier molecular flexibility index (Phi) is 7.51. The third-order valence-electron chi connectivity index (χ3n) is 9.50. The molecule has 0 radical (unpaired) electrons. The highest BCUT2D eigenvalue weighted by Gasteiger charge is 2.19. The molecular formula is C46H35N5. The third-order valence-corrected chi connectivity index (χ3v) is 9.50. The molecule has 0 aliphatic heterocycles. The second-order valence-corrected chi connectivity index (χ2v) is 13.0. The van der Waals surface area contributed by atoms with Crippen LogP contribution in [0.15, 0.2) is 176 Å². The summed E-state index contributed by atoms with van der Waals surface area (Å²) in [6.07, 6.45) is 0. The Labute approximate surface area is 297 Å². The zero-order valence-electron chi connectivity index (χ0n) is 28.5. The normalized spacial score (nSPS) is 11.3. The smallest absolute Gasteiger partial charge is 0.168 e. The van der Waals surface area contributed by atoms with Crippen molar-refractivity contribution in [2.45, 2.75) is 13.8 Å². The fraction of sp³-hybridized carbons (Fsp3) is 0.0435. The molecule has 9 rings (SSSR count). The molecule has 0 fully saturated rings. The van der Waals surface area contributed by atoms with Crippen molar-refractivity contribution in [1.29, 1.82) is 0 Å². The van der Waals surface area contributed by atoms with E-state index in [1.165, 1.54) is 32.9 Å². The zero-order chi connectivity index (χ0) is 34.3. The van der Waals surface area contributed by atoms with Crippen LogP contribution in [0.5, 0.6) is 0 Å². The van der Waals surface area contributed by atoms with Gasteiger partial charge in [0, 0.05) is 50.3 Å². The maximum absolute atomic E-state index is 4.76. The van der Waals surface area contributed by atoms with Crippen molar-refractivity contribution < 1.29 is 0 Å². The topological polar surface area (TPSA) is 38.9 Å². The first kappa shape index (κ1) is 30.3. The van der Waals surface area contributed by atoms with E-state index in [1.54, 1.807) is 0 Å². The van der Waals surface area contributed by atoms with Crippen LogP contribution in [0.2, 0.25) is 0 Å². The van der Waals surface area contributed by atoms with Crippen LogP contribution in [0.1, 0.15) is 11.1 Å². The predicted molar refractivity (Wildman–Crippen MR) is 211 cm³/mol. The molecule has 5 heteroatoms. The predicted octanol–water partition coefficient (Wildman–Crippen LogP) is 11.8. The lowest BCUT2D eigenvalue weighted by Crippen LogP contribution is -2.10. The molecule has 0 amide bonds. The molecule has 0 aliphatic carbocycles. The molecule has 2 heterocycles. The first-order chi connectivity index (χ1) is 25.1. The highest BCUT2D eigenvalue weighted by molar-refractivity contribution is 6.09. The standard InChI is InChI=1S/C46H35N5/c1-32-29-33(2)31-35(30-32)46-48-47-45(51(46)37-15-7-4-8-16-37)34-21-23-38(24-22-34)49(36-13-5-3-6-14-36)39-25-27-40(28-26-39)50-43-19-11-9-17-41(43)42-18-10-12-20-44(42)50/h3-31H,1-2H3. The van der Waals surface area contributed by atoms with Gasteiger partial charge in [-0.1, -0.05) is 90.0 Å². The SMILES string of the molecule is Cc1cc(C)cc(-c2nnc(-c3ccc(N(c4ccccc4)c4ccc(-n5c6ccccc6c6ccccc65)cc4)cc3)n2-c2ccccc2)c1. The molecule has 51 heavy (non-hydrogen) atoms. The maximum Gasteiger partial charge on any atom is 0.168 e. The molecule has 0 aliphatic rings. The van der Waals surface area contributed by atoms with Gasteiger partial charge in [-0.05, 0) is 111 Å². The third kappa shape index (κ3) is 5.45. The molecule has 0 atom stereocenters. The van der Waals surface area contributed by atoms with E-state index in [1.807, 2.05) is 6.07 Å². The summed E-state index contributed by atoms with van der Waals surface area (Å²) in [5.74, 6) is 1.62. The van der Waals surface area contributed by atoms with Crippen LogP contribution in [-0.2, 0) is 0 Å². The van der Waals surface area contributed by atoms with Crippen molar-refractivity contribution in [3.8, 4) is 34.2 Å². The Balaban J connectivity index is 1.12. The van der Waals surface area contributed by atoms with E-state index in [9.17, 15) is 0 Å². The van der Waals surface area contributed by atoms with E-state index in [0.29, 0.717) is 0 Å². The molecule has 244 valence electrons. The fourth-order valence-electron chi connectivity index (χ4n) is 7.32. The van der Waals surface area contributed by atoms with Gasteiger partial charge in [0.15, 0.2) is 11.6 Å². The summed E-state index contributed by atoms with van der Waals surface area (Å²) in [5.41, 5.74) is 12.2. The minimum Gasteiger partial charge on any atom is -0.311 e. The van der Waals surface area contributed by atoms with E-state index in [4.69, 9.17) is 10.2 Å². The Morgan fingerprint density at radius 3 is 1.43 bits per heavy atom. The lowest BCUT2D eigenvalue weighted by Gasteiger charge is -2.26. The van der Waals surface area contributed by atoms with Gasteiger partial charge in [0.1, 0.15) is 0 Å². The second-order valence-electron chi connectivity index (χ2n) is 13.0. The van der Waals surface area contributed by atoms with Gasteiger partial charge in [0.05, 0.1) is 11.0 Å². The van der Waals surface area contributed by atoms with Gasteiger partial charge < -0.3 is 9.47 Å². The van der Waals surface area contributed by atoms with E-state index >= 15 is 0 Å². The number of para-hydroxylation sites is 4. The number of aryl methyl sites for hydroxylation is 2. The molecule has 5 nitrogen and oxygen atoms in total. The lowest BCUT2D eigenvalue weighted by molar-refractivity contribution is 1.07. The molecule has 2 aromatic heterocycles. The van der Waals surface area contributed by atoms with E-state index < -0.39 is 0 Å². The molecule has 9 aromatic rings. The summed E-state index contributed by atoms with van der Waals surface area (Å²) < 4.78 is 4.51. The first-order valence-electron chi connectivity index (χ1n) is 17.3. The number of fused-ring (bicyclic) bond motifs is 3. The number of anilines is 3. The summed E-state index contributed by atoms with van der Waals surface area (Å²) in [6, 6.07) is 62.1. The van der Waals surface area contributed by atoms with E-state index in [0.717, 1.165) is 51.2 Å². The zero-order valence-corrected chi connectivity index (χ0v) is 28.5. The quantitative estimate of drug-likeness (QED) is 0.171. The van der Waals surface area contributed by atoms with E-state index in [2.05, 4.69) is 198 Å². The number of hydrogen-bond acceptors (Lipinski definition) is 3. The molecule has 0 saturated carbocycles. The summed E-state index contributed by atoms with van der Waals surface area (Å²) in [4.78, 5) is 2.29. The fourth-order valence-corrected chi connectivity index (χ4v) is 7.32. The van der Waals surface area contributed by atoms with Crippen molar-refractivity contribution >= 4 is 38.9 Å². The summed E-state index contributed by atoms with van der Waals surface area (Å²) >= 11 is 0. The number of rotatable bonds is 7. The maximum atomic E-state index is 4.76. The van der Waals surface area contributed by atoms with Crippen LogP contribution in [0.4, 0.5) is 17.1 Å². The van der Waals surface area contributed by atoms with Crippen molar-refractivity contribution in [2.75, 3.05) is 4.90 Å². The van der Waals surface area contributed by atoms with Gasteiger partial charge in [-0.25, -0.2) is 0 Å². The van der Waals surface area contributed by atoms with Crippen LogP contribution in [0, 0.1) is 13.8 Å². The molecular weight excluding hydrogens is 623 g/mol. The summed E-state index contributed by atoms with van der Waals surface area (Å²) in [6.45, 7) is 4.24. The molecule has 0 N–H and O–H groups in total. The highest BCUT2D eigenvalue weighted by Crippen LogP contribution is 2.38. The lowest BCUT2D eigenvalue weighted by atomic mass is 10.1. The summed E-state index contributed by atoms with van der Waals surface area (Å²) in [5, 5.41) is 12.0. The Hall–Kier alpha value is -6.72. The van der Waals surface area contributed by atoms with Gasteiger partial charge >= 0.3 is 0 Å². The largest absolute Gasteiger partial charge is 0.311 e. The van der Waals surface area contributed by atoms with Crippen molar-refractivity contribution in [3.63, 3.8) is 0 Å². The Bertz CT molecular complexity index is 2560. The van der Waals surface area contributed by atoms with Crippen molar-refractivity contribution in [2.24, 2.45) is 0 Å². The molecule has 0 saturated heterocycles. The number of aromatic nitrogens is 4. The van der Waals surface area contributed by atoms with Gasteiger partial charge in [0.2, 0.25) is 0 Å². The van der Waals surface area contributed by atoms with Gasteiger partial charge in [-0.2, -0.15) is 0 Å². The van der Waals surface area contributed by atoms with Crippen molar-refractivity contribution in [1.82, 2.24) is 19.3 Å². The van der Waals surface area contributed by atoms with Crippen LogP contribution in [0.25, 0.3) is 56.0 Å².